The Morgan fingerprint density at radius 3 is 2.72 bits per heavy atom. The zero-order valence-corrected chi connectivity index (χ0v) is 15.4. The van der Waals surface area contributed by atoms with Gasteiger partial charge in [0.2, 0.25) is 0 Å². The fourth-order valence-electron chi connectivity index (χ4n) is 2.18. The van der Waals surface area contributed by atoms with Gasteiger partial charge in [-0.05, 0) is 36.6 Å². The second kappa shape index (κ2) is 7.87. The number of carbonyl (C=O) groups is 1. The lowest BCUT2D eigenvalue weighted by atomic mass is 10.2. The molecule has 0 fully saturated rings. The molecule has 4 nitrogen and oxygen atoms in total. The Morgan fingerprint density at radius 2 is 1.96 bits per heavy atom. The minimum Gasteiger partial charge on any atom is -0.313 e. The first-order valence-corrected chi connectivity index (χ1v) is 9.20. The van der Waals surface area contributed by atoms with Crippen LogP contribution in [0.2, 0.25) is 10.0 Å². The Bertz CT molecular complexity index is 976. The average Bonchev–Trinajstić information content (AvgIpc) is 2.63. The van der Waals surface area contributed by atoms with E-state index in [1.54, 1.807) is 0 Å². The summed E-state index contributed by atoms with van der Waals surface area (Å²) in [6, 6.07) is 14.2. The van der Waals surface area contributed by atoms with Crippen molar-refractivity contribution >= 4 is 58.1 Å². The Morgan fingerprint density at radius 1 is 1.16 bits per heavy atom. The van der Waals surface area contributed by atoms with Gasteiger partial charge in [0.1, 0.15) is 5.03 Å². The normalized spacial score (nSPS) is 11.2. The molecule has 0 spiro atoms. The largest absolute Gasteiger partial charge is 0.365 e. The maximum Gasteiger partial charge on any atom is 0.365 e. The smallest absolute Gasteiger partial charge is 0.313 e. The number of halogens is 2. The summed E-state index contributed by atoms with van der Waals surface area (Å²) in [6.07, 6.45) is 3.40. The summed E-state index contributed by atoms with van der Waals surface area (Å²) >= 11 is 13.2. The van der Waals surface area contributed by atoms with Gasteiger partial charge < -0.3 is 4.84 Å². The Hall–Kier alpha value is -2.08. The zero-order valence-electron chi connectivity index (χ0n) is 13.1. The standard InChI is InChI=1S/C18H12Cl2N2O2S/c1-25-17-13(8-11-4-2-3-5-16(11)22-17)10-21-24-18(23)12-6-7-14(19)15(20)9-12/h2-10H,1H3/b21-10+. The Balaban J connectivity index is 1.80. The summed E-state index contributed by atoms with van der Waals surface area (Å²) in [7, 11) is 0. The SMILES string of the molecule is CSc1nc2ccccc2cc1/C=N/OC(=O)c1ccc(Cl)c(Cl)c1. The second-order valence-corrected chi connectivity index (χ2v) is 6.63. The lowest BCUT2D eigenvalue weighted by molar-refractivity contribution is 0.0519. The van der Waals surface area contributed by atoms with Crippen molar-refractivity contribution < 1.29 is 9.63 Å². The van der Waals surface area contributed by atoms with Gasteiger partial charge >= 0.3 is 5.97 Å². The number of fused-ring (bicyclic) bond motifs is 1. The third-order valence-electron chi connectivity index (χ3n) is 3.39. The molecular formula is C18H12Cl2N2O2S. The number of para-hydroxylation sites is 1. The summed E-state index contributed by atoms with van der Waals surface area (Å²) in [5.41, 5.74) is 1.94. The first-order valence-electron chi connectivity index (χ1n) is 7.22. The van der Waals surface area contributed by atoms with Crippen LogP contribution in [-0.4, -0.2) is 23.4 Å². The molecule has 0 aliphatic carbocycles. The minimum absolute atomic E-state index is 0.272. The van der Waals surface area contributed by atoms with Gasteiger partial charge in [0.25, 0.3) is 0 Å². The van der Waals surface area contributed by atoms with Gasteiger partial charge in [0.15, 0.2) is 0 Å². The van der Waals surface area contributed by atoms with E-state index in [9.17, 15) is 4.79 Å². The van der Waals surface area contributed by atoms with Crippen LogP contribution in [0.15, 0.2) is 58.7 Å². The van der Waals surface area contributed by atoms with E-state index < -0.39 is 5.97 Å². The van der Waals surface area contributed by atoms with Crippen molar-refractivity contribution in [2.24, 2.45) is 5.16 Å². The summed E-state index contributed by atoms with van der Waals surface area (Å²) < 4.78 is 0. The highest BCUT2D eigenvalue weighted by atomic mass is 35.5. The van der Waals surface area contributed by atoms with Crippen molar-refractivity contribution in [2.75, 3.05) is 6.26 Å². The highest BCUT2D eigenvalue weighted by molar-refractivity contribution is 7.98. The molecule has 0 aliphatic heterocycles. The molecule has 126 valence electrons. The molecule has 1 aromatic heterocycles. The first kappa shape index (κ1) is 17.7. The van der Waals surface area contributed by atoms with Crippen LogP contribution in [-0.2, 0) is 4.84 Å². The highest BCUT2D eigenvalue weighted by Crippen LogP contribution is 2.24. The van der Waals surface area contributed by atoms with Crippen LogP contribution in [0.4, 0.5) is 0 Å². The summed E-state index contributed by atoms with van der Waals surface area (Å²) in [5.74, 6) is -0.616. The number of benzene rings is 2. The molecule has 0 atom stereocenters. The van der Waals surface area contributed by atoms with E-state index in [4.69, 9.17) is 28.0 Å². The fourth-order valence-corrected chi connectivity index (χ4v) is 3.01. The van der Waals surface area contributed by atoms with E-state index in [1.807, 2.05) is 36.6 Å². The quantitative estimate of drug-likeness (QED) is 0.257. The molecule has 0 amide bonds. The average molecular weight is 391 g/mol. The molecule has 0 bridgehead atoms. The molecule has 0 saturated heterocycles. The molecule has 0 N–H and O–H groups in total. The maximum absolute atomic E-state index is 12.0. The van der Waals surface area contributed by atoms with Gasteiger partial charge in [0.05, 0.1) is 27.3 Å². The molecule has 0 radical (unpaired) electrons. The fraction of sp³-hybridized carbons (Fsp3) is 0.0556. The number of oxime groups is 1. The number of hydrogen-bond donors (Lipinski definition) is 0. The number of aromatic nitrogens is 1. The maximum atomic E-state index is 12.0. The van der Waals surface area contributed by atoms with E-state index in [2.05, 4.69) is 10.1 Å². The van der Waals surface area contributed by atoms with Gasteiger partial charge in [-0.25, -0.2) is 9.78 Å². The predicted molar refractivity (Wildman–Crippen MR) is 103 cm³/mol. The van der Waals surface area contributed by atoms with Crippen molar-refractivity contribution in [3.63, 3.8) is 0 Å². The van der Waals surface area contributed by atoms with E-state index >= 15 is 0 Å². The van der Waals surface area contributed by atoms with Crippen LogP contribution in [0, 0.1) is 0 Å². The van der Waals surface area contributed by atoms with Crippen molar-refractivity contribution in [1.82, 2.24) is 4.98 Å². The zero-order chi connectivity index (χ0) is 17.8. The topological polar surface area (TPSA) is 51.6 Å². The van der Waals surface area contributed by atoms with Crippen molar-refractivity contribution in [3.8, 4) is 0 Å². The molecular weight excluding hydrogens is 379 g/mol. The number of carbonyl (C=O) groups excluding carboxylic acids is 1. The highest BCUT2D eigenvalue weighted by Gasteiger charge is 2.10. The van der Waals surface area contributed by atoms with Crippen LogP contribution >= 0.6 is 35.0 Å². The van der Waals surface area contributed by atoms with Crippen molar-refractivity contribution in [2.45, 2.75) is 5.03 Å². The molecule has 25 heavy (non-hydrogen) atoms. The molecule has 0 unspecified atom stereocenters. The van der Waals surface area contributed by atoms with Crippen LogP contribution < -0.4 is 0 Å². The number of hydrogen-bond acceptors (Lipinski definition) is 5. The summed E-state index contributed by atoms with van der Waals surface area (Å²) in [4.78, 5) is 21.5. The van der Waals surface area contributed by atoms with E-state index in [0.717, 1.165) is 21.5 Å². The lowest BCUT2D eigenvalue weighted by Crippen LogP contribution is -2.01. The molecule has 3 aromatic rings. The molecule has 2 aromatic carbocycles. The molecule has 3 rings (SSSR count). The second-order valence-electron chi connectivity index (χ2n) is 5.02. The predicted octanol–water partition coefficient (Wildman–Crippen LogP) is 5.45. The van der Waals surface area contributed by atoms with Gasteiger partial charge in [-0.1, -0.05) is 46.6 Å². The van der Waals surface area contributed by atoms with Gasteiger partial charge in [-0.3, -0.25) is 0 Å². The van der Waals surface area contributed by atoms with E-state index in [1.165, 1.54) is 36.2 Å². The summed E-state index contributed by atoms with van der Waals surface area (Å²) in [6.45, 7) is 0. The molecule has 1 heterocycles. The van der Waals surface area contributed by atoms with Crippen molar-refractivity contribution in [3.05, 3.63) is 69.7 Å². The molecule has 0 aliphatic rings. The number of thioether (sulfide) groups is 1. The van der Waals surface area contributed by atoms with Gasteiger partial charge in [0, 0.05) is 10.9 Å². The van der Waals surface area contributed by atoms with Gasteiger partial charge in [-0.15, -0.1) is 11.8 Å². The van der Waals surface area contributed by atoms with Crippen LogP contribution in [0.1, 0.15) is 15.9 Å². The monoisotopic (exact) mass is 390 g/mol. The first-order chi connectivity index (χ1) is 12.1. The number of rotatable bonds is 4. The van der Waals surface area contributed by atoms with Crippen LogP contribution in [0.3, 0.4) is 0 Å². The van der Waals surface area contributed by atoms with E-state index in [0.29, 0.717) is 5.02 Å². The summed E-state index contributed by atoms with van der Waals surface area (Å²) in [5, 5.41) is 6.21. The van der Waals surface area contributed by atoms with Crippen LogP contribution in [0.25, 0.3) is 10.9 Å². The molecule has 7 heteroatoms. The third kappa shape index (κ3) is 4.12. The number of nitrogens with zero attached hydrogens (tertiary/aromatic N) is 2. The van der Waals surface area contributed by atoms with Crippen molar-refractivity contribution in [1.29, 1.82) is 0 Å². The minimum atomic E-state index is -0.616. The molecule has 0 saturated carbocycles. The number of pyridine rings is 1. The van der Waals surface area contributed by atoms with E-state index in [-0.39, 0.29) is 10.6 Å². The third-order valence-corrected chi connectivity index (χ3v) is 4.85. The van der Waals surface area contributed by atoms with Gasteiger partial charge in [-0.2, -0.15) is 0 Å². The Kier molecular flexibility index (Phi) is 5.58. The van der Waals surface area contributed by atoms with Crippen LogP contribution in [0.5, 0.6) is 0 Å². The lowest BCUT2D eigenvalue weighted by Gasteiger charge is -2.04. The Labute approximate surface area is 158 Å².